The molecule has 3 aromatic rings. The van der Waals surface area contributed by atoms with E-state index in [0.29, 0.717) is 23.8 Å². The number of methoxy groups -OCH3 is 1. The van der Waals surface area contributed by atoms with Crippen molar-refractivity contribution in [2.24, 2.45) is 0 Å². The van der Waals surface area contributed by atoms with Gasteiger partial charge in [-0.2, -0.15) is 0 Å². The second-order valence-corrected chi connectivity index (χ2v) is 9.62. The lowest BCUT2D eigenvalue weighted by Crippen LogP contribution is -2.46. The molecule has 1 fully saturated rings. The zero-order chi connectivity index (χ0) is 25.5. The van der Waals surface area contributed by atoms with Crippen LogP contribution in [0.25, 0.3) is 10.1 Å². The highest BCUT2D eigenvalue weighted by Gasteiger charge is 2.19. The van der Waals surface area contributed by atoms with E-state index >= 15 is 0 Å². The number of piperazine rings is 1. The number of hydrogen-bond donors (Lipinski definition) is 3. The van der Waals surface area contributed by atoms with Gasteiger partial charge in [-0.3, -0.25) is 9.69 Å². The maximum absolute atomic E-state index is 11.9. The van der Waals surface area contributed by atoms with Gasteiger partial charge in [-0.25, -0.2) is 4.79 Å². The molecule has 0 bridgehead atoms. The molecule has 2 amide bonds. The van der Waals surface area contributed by atoms with Gasteiger partial charge in [0.15, 0.2) is 11.5 Å². The third kappa shape index (κ3) is 6.38. The maximum atomic E-state index is 11.9. The molecule has 0 unspecified atom stereocenters. The van der Waals surface area contributed by atoms with E-state index in [1.165, 1.54) is 15.8 Å². The Morgan fingerprint density at radius 3 is 2.69 bits per heavy atom. The van der Waals surface area contributed by atoms with E-state index in [0.717, 1.165) is 44.7 Å². The minimum atomic E-state index is -1.25. The van der Waals surface area contributed by atoms with E-state index in [1.807, 2.05) is 12.2 Å². The number of carboxylic acid groups (broad SMARTS) is 1. The van der Waals surface area contributed by atoms with Gasteiger partial charge in [0, 0.05) is 60.3 Å². The second kappa shape index (κ2) is 12.0. The number of nitrogens with one attached hydrogen (secondary N) is 2. The average molecular weight is 513 g/mol. The predicted molar refractivity (Wildman–Crippen MR) is 143 cm³/mol. The fourth-order valence-corrected chi connectivity index (χ4v) is 5.25. The fourth-order valence-electron chi connectivity index (χ4n) is 4.44. The van der Waals surface area contributed by atoms with Crippen LogP contribution in [-0.4, -0.2) is 75.0 Å². The van der Waals surface area contributed by atoms with Crippen molar-refractivity contribution >= 4 is 44.8 Å². The number of aryl methyl sites for hydroxylation is 1. The summed E-state index contributed by atoms with van der Waals surface area (Å²) in [7, 11) is 1.55. The lowest BCUT2D eigenvalue weighted by atomic mass is 10.1. The molecule has 1 saturated heterocycles. The molecule has 1 aliphatic heterocycles. The summed E-state index contributed by atoms with van der Waals surface area (Å²) in [4.78, 5) is 27.4. The number of nitrogens with zero attached hydrogens (tertiary/aromatic N) is 2. The van der Waals surface area contributed by atoms with E-state index < -0.39 is 12.0 Å². The highest BCUT2D eigenvalue weighted by Crippen LogP contribution is 2.35. The van der Waals surface area contributed by atoms with E-state index in [2.05, 4.69) is 44.8 Å². The van der Waals surface area contributed by atoms with Crippen LogP contribution in [0.3, 0.4) is 0 Å². The van der Waals surface area contributed by atoms with E-state index in [1.54, 1.807) is 30.6 Å². The minimum absolute atomic E-state index is 0.327. The number of benzene rings is 2. The van der Waals surface area contributed by atoms with Gasteiger partial charge in [0.2, 0.25) is 5.91 Å². The first kappa shape index (κ1) is 25.6. The third-order valence-electron chi connectivity index (χ3n) is 6.20. The molecule has 3 N–H and O–H groups in total. The Balaban J connectivity index is 1.24. The zero-order valence-corrected chi connectivity index (χ0v) is 21.4. The van der Waals surface area contributed by atoms with Crippen LogP contribution in [0, 0.1) is 6.92 Å². The summed E-state index contributed by atoms with van der Waals surface area (Å²) < 4.78 is 12.9. The molecule has 1 aromatic heterocycles. The van der Waals surface area contributed by atoms with Crippen LogP contribution in [0.1, 0.15) is 12.0 Å². The monoisotopic (exact) mass is 512 g/mol. The van der Waals surface area contributed by atoms with Crippen molar-refractivity contribution in [1.29, 1.82) is 0 Å². The summed E-state index contributed by atoms with van der Waals surface area (Å²) in [5.74, 6) is 0.708. The molecule has 0 aliphatic carbocycles. The molecule has 192 valence electrons. The van der Waals surface area contributed by atoms with Crippen LogP contribution in [0.5, 0.6) is 11.5 Å². The maximum Gasteiger partial charge on any atom is 0.405 e. The standard InChI is InChI=1S/C26H32N4O5S/c1-18-15-19(28-24(31)17-27-26(32)33)16-22(34-2)25(18)35-13-4-8-29-9-11-30(12-10-29)21-5-3-6-23-20(21)7-14-36-23/h3,5-7,14-16,27H,4,8-13,17H2,1-2H3,(H,28,31)(H,32,33). The van der Waals surface area contributed by atoms with Crippen molar-refractivity contribution in [2.45, 2.75) is 13.3 Å². The Hall–Kier alpha value is -3.50. The molecule has 0 atom stereocenters. The number of carbonyl (C=O) groups excluding carboxylic acids is 1. The first-order chi connectivity index (χ1) is 17.4. The van der Waals surface area contributed by atoms with Crippen molar-refractivity contribution in [3.05, 3.63) is 47.3 Å². The number of fused-ring (bicyclic) bond motifs is 1. The quantitative estimate of drug-likeness (QED) is 0.353. The van der Waals surface area contributed by atoms with Gasteiger partial charge in [-0.05, 0) is 48.6 Å². The van der Waals surface area contributed by atoms with Crippen molar-refractivity contribution in [1.82, 2.24) is 10.2 Å². The predicted octanol–water partition coefficient (Wildman–Crippen LogP) is 4.02. The van der Waals surface area contributed by atoms with Gasteiger partial charge in [0.05, 0.1) is 13.7 Å². The highest BCUT2D eigenvalue weighted by molar-refractivity contribution is 7.17. The van der Waals surface area contributed by atoms with Gasteiger partial charge in [0.25, 0.3) is 0 Å². The molecule has 0 spiro atoms. The Kier molecular flexibility index (Phi) is 8.50. The zero-order valence-electron chi connectivity index (χ0n) is 20.6. The summed E-state index contributed by atoms with van der Waals surface area (Å²) in [5.41, 5.74) is 2.68. The molecule has 2 aromatic carbocycles. The number of carbonyl (C=O) groups is 2. The van der Waals surface area contributed by atoms with Crippen LogP contribution in [0.2, 0.25) is 0 Å². The summed E-state index contributed by atoms with van der Waals surface area (Å²) in [6.45, 7) is 7.14. The Bertz CT molecular complexity index is 1210. The largest absolute Gasteiger partial charge is 0.493 e. The lowest BCUT2D eigenvalue weighted by Gasteiger charge is -2.36. The smallest absolute Gasteiger partial charge is 0.405 e. The molecule has 2 heterocycles. The highest BCUT2D eigenvalue weighted by atomic mass is 32.1. The van der Waals surface area contributed by atoms with Crippen molar-refractivity contribution < 1.29 is 24.2 Å². The summed E-state index contributed by atoms with van der Waals surface area (Å²) >= 11 is 1.79. The molecule has 4 rings (SSSR count). The average Bonchev–Trinajstić information content (AvgIpc) is 3.35. The SMILES string of the molecule is COc1cc(NC(=O)CNC(=O)O)cc(C)c1OCCCN1CCN(c2cccc3sccc23)CC1. The van der Waals surface area contributed by atoms with Crippen molar-refractivity contribution in [2.75, 3.05) is 63.2 Å². The number of hydrogen-bond acceptors (Lipinski definition) is 7. The minimum Gasteiger partial charge on any atom is -0.493 e. The fraction of sp³-hybridized carbons (Fsp3) is 0.385. The Morgan fingerprint density at radius 2 is 1.94 bits per heavy atom. The summed E-state index contributed by atoms with van der Waals surface area (Å²) in [6, 6.07) is 12.2. The van der Waals surface area contributed by atoms with Crippen LogP contribution < -0.4 is 25.0 Å². The normalized spacial score (nSPS) is 14.0. The molecular formula is C26H32N4O5S. The second-order valence-electron chi connectivity index (χ2n) is 8.67. The third-order valence-corrected chi connectivity index (χ3v) is 7.08. The van der Waals surface area contributed by atoms with E-state index in [9.17, 15) is 9.59 Å². The van der Waals surface area contributed by atoms with Crippen LogP contribution in [-0.2, 0) is 4.79 Å². The number of thiophene rings is 1. The number of anilines is 2. The number of amides is 2. The first-order valence-electron chi connectivity index (χ1n) is 12.0. The van der Waals surface area contributed by atoms with Crippen LogP contribution in [0.4, 0.5) is 16.2 Å². The lowest BCUT2D eigenvalue weighted by molar-refractivity contribution is -0.115. The van der Waals surface area contributed by atoms with E-state index in [-0.39, 0.29) is 6.54 Å². The Morgan fingerprint density at radius 1 is 1.14 bits per heavy atom. The van der Waals surface area contributed by atoms with Gasteiger partial charge >= 0.3 is 6.09 Å². The van der Waals surface area contributed by atoms with Gasteiger partial charge < -0.3 is 30.1 Å². The molecule has 0 radical (unpaired) electrons. The van der Waals surface area contributed by atoms with Crippen molar-refractivity contribution in [3.8, 4) is 11.5 Å². The summed E-state index contributed by atoms with van der Waals surface area (Å²) in [5, 5.41) is 16.8. The van der Waals surface area contributed by atoms with Crippen molar-refractivity contribution in [3.63, 3.8) is 0 Å². The first-order valence-corrected chi connectivity index (χ1v) is 12.8. The topological polar surface area (TPSA) is 103 Å². The Labute approximate surface area is 214 Å². The molecule has 9 nitrogen and oxygen atoms in total. The molecule has 10 heteroatoms. The number of ether oxygens (including phenoxy) is 2. The summed E-state index contributed by atoms with van der Waals surface area (Å²) in [6.07, 6.45) is -0.359. The molecule has 36 heavy (non-hydrogen) atoms. The molecular weight excluding hydrogens is 480 g/mol. The van der Waals surface area contributed by atoms with Gasteiger partial charge in [-0.15, -0.1) is 11.3 Å². The van der Waals surface area contributed by atoms with Gasteiger partial charge in [0.1, 0.15) is 6.54 Å². The number of rotatable bonds is 10. The molecule has 0 saturated carbocycles. The van der Waals surface area contributed by atoms with Gasteiger partial charge in [-0.1, -0.05) is 6.07 Å². The molecule has 1 aliphatic rings. The van der Waals surface area contributed by atoms with Crippen LogP contribution >= 0.6 is 11.3 Å². The van der Waals surface area contributed by atoms with Crippen LogP contribution in [0.15, 0.2) is 41.8 Å². The van der Waals surface area contributed by atoms with E-state index in [4.69, 9.17) is 14.6 Å².